The molecule has 2 rings (SSSR count). The Morgan fingerprint density at radius 3 is 2.74 bits per heavy atom. The molecule has 0 saturated heterocycles. The Hall–Kier alpha value is -2.63. The van der Waals surface area contributed by atoms with Crippen LogP contribution in [-0.2, 0) is 0 Å². The molecule has 0 fully saturated rings. The van der Waals surface area contributed by atoms with E-state index >= 15 is 0 Å². The topological polar surface area (TPSA) is 94.0 Å². The van der Waals surface area contributed by atoms with Gasteiger partial charge in [0.1, 0.15) is 17.3 Å². The summed E-state index contributed by atoms with van der Waals surface area (Å²) in [6, 6.07) is 8.68. The van der Waals surface area contributed by atoms with Gasteiger partial charge in [-0.2, -0.15) is 5.10 Å². The second-order valence-corrected chi connectivity index (χ2v) is 4.00. The first kappa shape index (κ1) is 12.8. The fourth-order valence-corrected chi connectivity index (χ4v) is 1.78. The minimum absolute atomic E-state index is 0.0727. The van der Waals surface area contributed by atoms with Crippen molar-refractivity contribution in [3.8, 4) is 11.4 Å². The third-order valence-electron chi connectivity index (χ3n) is 2.68. The van der Waals surface area contributed by atoms with Gasteiger partial charge in [-0.3, -0.25) is 10.2 Å². The van der Waals surface area contributed by atoms with Gasteiger partial charge in [0.2, 0.25) is 5.43 Å². The highest BCUT2D eigenvalue weighted by molar-refractivity contribution is 5.92. The van der Waals surface area contributed by atoms with Crippen molar-refractivity contribution in [3.05, 3.63) is 51.9 Å². The first-order valence-corrected chi connectivity index (χ1v) is 5.63. The van der Waals surface area contributed by atoms with E-state index in [0.717, 1.165) is 0 Å². The van der Waals surface area contributed by atoms with Gasteiger partial charge in [0.25, 0.3) is 0 Å². The van der Waals surface area contributed by atoms with Crippen LogP contribution in [0.3, 0.4) is 0 Å². The van der Waals surface area contributed by atoms with E-state index in [2.05, 4.69) is 5.10 Å². The Labute approximate surface area is 110 Å². The molecule has 6 nitrogen and oxygen atoms in total. The first-order chi connectivity index (χ1) is 9.04. The van der Waals surface area contributed by atoms with E-state index in [4.69, 9.17) is 15.9 Å². The summed E-state index contributed by atoms with van der Waals surface area (Å²) in [5.41, 5.74) is 6.24. The zero-order valence-corrected chi connectivity index (χ0v) is 10.7. The van der Waals surface area contributed by atoms with E-state index in [1.165, 1.54) is 10.7 Å². The van der Waals surface area contributed by atoms with Gasteiger partial charge in [-0.25, -0.2) is 4.68 Å². The molecule has 1 aromatic carbocycles. The number of aromatic nitrogens is 2. The molecule has 0 spiro atoms. The average molecular weight is 258 g/mol. The number of methoxy groups -OCH3 is 1. The number of nitrogens with two attached hydrogens (primary N) is 1. The summed E-state index contributed by atoms with van der Waals surface area (Å²) in [4.78, 5) is 11.7. The molecular weight excluding hydrogens is 244 g/mol. The molecule has 0 radical (unpaired) electrons. The van der Waals surface area contributed by atoms with Gasteiger partial charge >= 0.3 is 0 Å². The van der Waals surface area contributed by atoms with Gasteiger partial charge in [0, 0.05) is 11.8 Å². The van der Waals surface area contributed by atoms with Crippen molar-refractivity contribution in [1.82, 2.24) is 9.78 Å². The Kier molecular flexibility index (Phi) is 3.33. The van der Waals surface area contributed by atoms with Crippen LogP contribution < -0.4 is 15.9 Å². The van der Waals surface area contributed by atoms with Crippen molar-refractivity contribution in [2.45, 2.75) is 6.92 Å². The Morgan fingerprint density at radius 2 is 2.11 bits per heavy atom. The molecule has 0 atom stereocenters. The second-order valence-electron chi connectivity index (χ2n) is 4.00. The highest BCUT2D eigenvalue weighted by atomic mass is 16.5. The Bertz CT molecular complexity index is 691. The van der Waals surface area contributed by atoms with E-state index in [1.54, 1.807) is 20.1 Å². The summed E-state index contributed by atoms with van der Waals surface area (Å²) >= 11 is 0. The lowest BCUT2D eigenvalue weighted by Crippen LogP contribution is -2.27. The molecule has 2 aromatic rings. The van der Waals surface area contributed by atoms with Crippen LogP contribution in [0.2, 0.25) is 0 Å². The highest BCUT2D eigenvalue weighted by Crippen LogP contribution is 2.21. The lowest BCUT2D eigenvalue weighted by molar-refractivity contribution is 0.411. The fourth-order valence-electron chi connectivity index (χ4n) is 1.78. The number of benzene rings is 1. The van der Waals surface area contributed by atoms with Gasteiger partial charge in [-0.05, 0) is 19.1 Å². The molecule has 0 bridgehead atoms. The monoisotopic (exact) mass is 258 g/mol. The number of nitrogens with one attached hydrogen (secondary N) is 1. The van der Waals surface area contributed by atoms with Crippen LogP contribution >= 0.6 is 0 Å². The van der Waals surface area contributed by atoms with Crippen molar-refractivity contribution in [1.29, 1.82) is 5.41 Å². The van der Waals surface area contributed by atoms with Gasteiger partial charge in [0.15, 0.2) is 5.69 Å². The number of amidine groups is 1. The summed E-state index contributed by atoms with van der Waals surface area (Å²) in [6.07, 6.45) is 0. The SMILES string of the molecule is COc1ccccc1-n1nc(C(=N)N)c(=O)cc1C. The molecule has 1 heterocycles. The maximum absolute atomic E-state index is 11.7. The summed E-state index contributed by atoms with van der Waals surface area (Å²) in [6.45, 7) is 1.75. The number of para-hydroxylation sites is 2. The molecule has 19 heavy (non-hydrogen) atoms. The molecular formula is C13H14N4O2. The van der Waals surface area contributed by atoms with Crippen LogP contribution in [0.1, 0.15) is 11.4 Å². The number of rotatable bonds is 3. The van der Waals surface area contributed by atoms with Gasteiger partial charge in [-0.1, -0.05) is 12.1 Å². The number of nitrogen functional groups attached to an aromatic ring is 1. The predicted molar refractivity (Wildman–Crippen MR) is 72.1 cm³/mol. The molecule has 0 saturated carbocycles. The molecule has 0 unspecified atom stereocenters. The molecule has 98 valence electrons. The van der Waals surface area contributed by atoms with Crippen molar-refractivity contribution in [3.63, 3.8) is 0 Å². The molecule has 0 aliphatic heterocycles. The van der Waals surface area contributed by atoms with E-state index < -0.39 is 0 Å². The number of hydrogen-bond acceptors (Lipinski definition) is 4. The normalized spacial score (nSPS) is 10.2. The van der Waals surface area contributed by atoms with E-state index in [-0.39, 0.29) is 17.0 Å². The number of aryl methyl sites for hydroxylation is 1. The third-order valence-corrected chi connectivity index (χ3v) is 2.68. The highest BCUT2D eigenvalue weighted by Gasteiger charge is 2.12. The van der Waals surface area contributed by atoms with Crippen LogP contribution in [0.4, 0.5) is 0 Å². The molecule has 1 aromatic heterocycles. The minimum Gasteiger partial charge on any atom is -0.494 e. The molecule has 0 aliphatic rings. The lowest BCUT2D eigenvalue weighted by atomic mass is 10.2. The quantitative estimate of drug-likeness (QED) is 0.630. The van der Waals surface area contributed by atoms with E-state index in [9.17, 15) is 4.79 Å². The van der Waals surface area contributed by atoms with Gasteiger partial charge < -0.3 is 10.5 Å². The minimum atomic E-state index is -0.365. The van der Waals surface area contributed by atoms with Crippen LogP contribution in [0.5, 0.6) is 5.75 Å². The zero-order chi connectivity index (χ0) is 14.0. The molecule has 6 heteroatoms. The molecule has 0 aliphatic carbocycles. The van der Waals surface area contributed by atoms with Crippen molar-refractivity contribution in [2.75, 3.05) is 7.11 Å². The van der Waals surface area contributed by atoms with E-state index in [1.807, 2.05) is 18.2 Å². The van der Waals surface area contributed by atoms with Crippen LogP contribution in [-0.4, -0.2) is 22.7 Å². The standard InChI is InChI=1S/C13H14N4O2/c1-8-7-10(18)12(13(14)15)16-17(8)9-5-3-4-6-11(9)19-2/h3-7H,1-2H3,(H3,14,15). The zero-order valence-electron chi connectivity index (χ0n) is 10.7. The van der Waals surface area contributed by atoms with Crippen LogP contribution in [0, 0.1) is 12.3 Å². The maximum Gasteiger partial charge on any atom is 0.211 e. The first-order valence-electron chi connectivity index (χ1n) is 5.63. The predicted octanol–water partition coefficient (Wildman–Crippen LogP) is 0.834. The summed E-state index contributed by atoms with van der Waals surface area (Å²) in [5, 5.41) is 11.5. The number of ether oxygens (including phenoxy) is 1. The number of nitrogens with zero attached hydrogens (tertiary/aromatic N) is 2. The van der Waals surface area contributed by atoms with Gasteiger partial charge in [-0.15, -0.1) is 0 Å². The van der Waals surface area contributed by atoms with Crippen molar-refractivity contribution in [2.24, 2.45) is 5.73 Å². The fraction of sp³-hybridized carbons (Fsp3) is 0.154. The summed E-state index contributed by atoms with van der Waals surface area (Å²) < 4.78 is 6.80. The Balaban J connectivity index is 2.72. The second kappa shape index (κ2) is 4.93. The molecule has 3 N–H and O–H groups in total. The largest absolute Gasteiger partial charge is 0.494 e. The summed E-state index contributed by atoms with van der Waals surface area (Å²) in [5.74, 6) is 0.268. The smallest absolute Gasteiger partial charge is 0.211 e. The van der Waals surface area contributed by atoms with Gasteiger partial charge in [0.05, 0.1) is 7.11 Å². The maximum atomic E-state index is 11.7. The van der Waals surface area contributed by atoms with E-state index in [0.29, 0.717) is 17.1 Å². The third kappa shape index (κ3) is 2.33. The Morgan fingerprint density at radius 1 is 1.42 bits per heavy atom. The van der Waals surface area contributed by atoms with Crippen molar-refractivity contribution >= 4 is 5.84 Å². The lowest BCUT2D eigenvalue weighted by Gasteiger charge is -2.13. The van der Waals surface area contributed by atoms with Crippen LogP contribution in [0.25, 0.3) is 5.69 Å². The molecule has 0 amide bonds. The van der Waals surface area contributed by atoms with Crippen LogP contribution in [0.15, 0.2) is 35.1 Å². The summed E-state index contributed by atoms with van der Waals surface area (Å²) in [7, 11) is 1.56. The van der Waals surface area contributed by atoms with Crippen molar-refractivity contribution < 1.29 is 4.74 Å². The number of hydrogen-bond donors (Lipinski definition) is 2. The average Bonchev–Trinajstić information content (AvgIpc) is 2.38.